The van der Waals surface area contributed by atoms with Gasteiger partial charge in [-0.05, 0) is 29.0 Å². The summed E-state index contributed by atoms with van der Waals surface area (Å²) in [6, 6.07) is 5.73. The Labute approximate surface area is 100 Å². The molecule has 0 saturated heterocycles. The van der Waals surface area contributed by atoms with Gasteiger partial charge in [-0.15, -0.1) is 0 Å². The van der Waals surface area contributed by atoms with Gasteiger partial charge in [-0.25, -0.2) is 0 Å². The van der Waals surface area contributed by atoms with E-state index in [4.69, 9.17) is 4.74 Å². The number of ether oxygens (including phenoxy) is 1. The Hall–Kier alpha value is -1.77. The first kappa shape index (κ1) is 11.7. The monoisotopic (exact) mass is 231 g/mol. The molecule has 2 aromatic rings. The van der Waals surface area contributed by atoms with Crippen molar-refractivity contribution >= 4 is 10.8 Å². The summed E-state index contributed by atoms with van der Waals surface area (Å²) in [5.74, 6) is 0.829. The normalized spacial score (nSPS) is 11.8. The minimum Gasteiger partial charge on any atom is -0.496 e. The minimum atomic E-state index is -0.0596. The molecule has 1 N–H and O–H groups in total. The summed E-state index contributed by atoms with van der Waals surface area (Å²) in [7, 11) is 1.66. The van der Waals surface area contributed by atoms with Gasteiger partial charge in [-0.3, -0.25) is 4.79 Å². The average Bonchev–Trinajstić information content (AvgIpc) is 2.26. The summed E-state index contributed by atoms with van der Waals surface area (Å²) in [5.41, 5.74) is 0.932. The van der Waals surface area contributed by atoms with Crippen LogP contribution in [0, 0.1) is 0 Å². The molecule has 0 spiro atoms. The van der Waals surface area contributed by atoms with Gasteiger partial charge >= 0.3 is 0 Å². The molecule has 90 valence electrons. The van der Waals surface area contributed by atoms with Crippen molar-refractivity contribution in [3.8, 4) is 5.75 Å². The summed E-state index contributed by atoms with van der Waals surface area (Å²) < 4.78 is 5.41. The molecule has 0 unspecified atom stereocenters. The van der Waals surface area contributed by atoms with E-state index in [1.54, 1.807) is 13.3 Å². The third kappa shape index (κ3) is 2.05. The van der Waals surface area contributed by atoms with E-state index in [2.05, 4.69) is 25.8 Å². The third-order valence-corrected chi connectivity index (χ3v) is 2.90. The zero-order valence-electron chi connectivity index (χ0n) is 10.6. The molecule has 0 aliphatic carbocycles. The number of fused-ring (bicyclic) bond motifs is 1. The Bertz CT molecular complexity index is 606. The zero-order chi connectivity index (χ0) is 12.6. The van der Waals surface area contributed by atoms with E-state index in [0.717, 1.165) is 16.7 Å². The highest BCUT2D eigenvalue weighted by atomic mass is 16.5. The van der Waals surface area contributed by atoms with Crippen molar-refractivity contribution in [2.24, 2.45) is 0 Å². The summed E-state index contributed by atoms with van der Waals surface area (Å²) in [4.78, 5) is 14.5. The van der Waals surface area contributed by atoms with Crippen LogP contribution in [0.2, 0.25) is 0 Å². The van der Waals surface area contributed by atoms with Gasteiger partial charge in [0.05, 0.1) is 7.11 Å². The van der Waals surface area contributed by atoms with Crippen LogP contribution in [-0.2, 0) is 5.41 Å². The molecular formula is C14H17NO2. The number of aromatic nitrogens is 1. The Kier molecular flexibility index (Phi) is 2.69. The van der Waals surface area contributed by atoms with Gasteiger partial charge < -0.3 is 9.72 Å². The zero-order valence-corrected chi connectivity index (χ0v) is 10.6. The molecule has 3 heteroatoms. The first-order valence-corrected chi connectivity index (χ1v) is 5.63. The predicted molar refractivity (Wildman–Crippen MR) is 69.8 cm³/mol. The Morgan fingerprint density at radius 1 is 1.24 bits per heavy atom. The van der Waals surface area contributed by atoms with Crippen LogP contribution in [-0.4, -0.2) is 12.1 Å². The molecule has 0 saturated carbocycles. The van der Waals surface area contributed by atoms with Gasteiger partial charge in [-0.2, -0.15) is 0 Å². The fourth-order valence-corrected chi connectivity index (χ4v) is 1.97. The van der Waals surface area contributed by atoms with E-state index < -0.39 is 0 Å². The second-order valence-electron chi connectivity index (χ2n) is 5.20. The molecule has 17 heavy (non-hydrogen) atoms. The molecule has 1 aromatic carbocycles. The van der Waals surface area contributed by atoms with Gasteiger partial charge in [0, 0.05) is 17.1 Å². The van der Waals surface area contributed by atoms with Crippen LogP contribution in [0.15, 0.2) is 29.2 Å². The van der Waals surface area contributed by atoms with Crippen LogP contribution in [0.25, 0.3) is 10.8 Å². The number of nitrogens with one attached hydrogen (secondary N) is 1. The lowest BCUT2D eigenvalue weighted by molar-refractivity contribution is 0.398. The van der Waals surface area contributed by atoms with Crippen molar-refractivity contribution in [3.63, 3.8) is 0 Å². The fraction of sp³-hybridized carbons (Fsp3) is 0.357. The molecule has 2 rings (SSSR count). The lowest BCUT2D eigenvalue weighted by atomic mass is 9.85. The third-order valence-electron chi connectivity index (χ3n) is 2.90. The summed E-state index contributed by atoms with van der Waals surface area (Å²) in [5, 5.41) is 1.61. The number of H-pyrrole nitrogens is 1. The fourth-order valence-electron chi connectivity index (χ4n) is 1.97. The van der Waals surface area contributed by atoms with Crippen molar-refractivity contribution in [1.29, 1.82) is 0 Å². The first-order chi connectivity index (χ1) is 7.93. The lowest BCUT2D eigenvalue weighted by Gasteiger charge is -2.22. The van der Waals surface area contributed by atoms with Crippen LogP contribution in [0.1, 0.15) is 26.3 Å². The quantitative estimate of drug-likeness (QED) is 0.820. The molecule has 0 atom stereocenters. The molecule has 0 fully saturated rings. The molecular weight excluding hydrogens is 214 g/mol. The predicted octanol–water partition coefficient (Wildman–Crippen LogP) is 2.83. The summed E-state index contributed by atoms with van der Waals surface area (Å²) in [6.07, 6.45) is 1.65. The van der Waals surface area contributed by atoms with Gasteiger partial charge in [0.2, 0.25) is 0 Å². The van der Waals surface area contributed by atoms with Crippen molar-refractivity contribution in [3.05, 3.63) is 40.3 Å². The van der Waals surface area contributed by atoms with Crippen LogP contribution >= 0.6 is 0 Å². The smallest absolute Gasteiger partial charge is 0.255 e. The molecule has 0 aliphatic heterocycles. The van der Waals surface area contributed by atoms with Gasteiger partial charge in [-0.1, -0.05) is 20.8 Å². The van der Waals surface area contributed by atoms with Crippen LogP contribution in [0.4, 0.5) is 0 Å². The maximum Gasteiger partial charge on any atom is 0.255 e. The second kappa shape index (κ2) is 3.91. The Balaban J connectivity index is 2.84. The number of hydrogen-bond donors (Lipinski definition) is 1. The van der Waals surface area contributed by atoms with E-state index in [0.29, 0.717) is 5.39 Å². The first-order valence-electron chi connectivity index (χ1n) is 5.63. The molecule has 1 heterocycles. The highest BCUT2D eigenvalue weighted by Crippen LogP contribution is 2.33. The largest absolute Gasteiger partial charge is 0.496 e. The topological polar surface area (TPSA) is 42.1 Å². The lowest BCUT2D eigenvalue weighted by Crippen LogP contribution is -2.14. The highest BCUT2D eigenvalue weighted by molar-refractivity contribution is 5.84. The molecule has 1 aromatic heterocycles. The maximum atomic E-state index is 11.8. The Morgan fingerprint density at radius 3 is 2.53 bits per heavy atom. The van der Waals surface area contributed by atoms with Gasteiger partial charge in [0.25, 0.3) is 5.56 Å². The standard InChI is InChI=1S/C14H17NO2/c1-14(2,3)11-8-10-9(7-12(11)17-4)5-6-15-13(10)16/h5-8H,1-4H3,(H,15,16). The number of aromatic amines is 1. The average molecular weight is 231 g/mol. The second-order valence-corrected chi connectivity index (χ2v) is 5.20. The summed E-state index contributed by atoms with van der Waals surface area (Å²) >= 11 is 0. The van der Waals surface area contributed by atoms with Crippen LogP contribution < -0.4 is 10.3 Å². The minimum absolute atomic E-state index is 0.0538. The SMILES string of the molecule is COc1cc2cc[nH]c(=O)c2cc1C(C)(C)C. The number of methoxy groups -OCH3 is 1. The van der Waals surface area contributed by atoms with E-state index in [-0.39, 0.29) is 11.0 Å². The number of pyridine rings is 1. The van der Waals surface area contributed by atoms with Crippen molar-refractivity contribution in [1.82, 2.24) is 4.98 Å². The van der Waals surface area contributed by atoms with Crippen molar-refractivity contribution in [2.75, 3.05) is 7.11 Å². The van der Waals surface area contributed by atoms with E-state index in [1.165, 1.54) is 0 Å². The molecule has 0 aliphatic rings. The van der Waals surface area contributed by atoms with E-state index in [9.17, 15) is 4.79 Å². The molecule has 0 bridgehead atoms. The van der Waals surface area contributed by atoms with E-state index >= 15 is 0 Å². The van der Waals surface area contributed by atoms with Crippen LogP contribution in [0.3, 0.4) is 0 Å². The number of benzene rings is 1. The highest BCUT2D eigenvalue weighted by Gasteiger charge is 2.20. The van der Waals surface area contributed by atoms with E-state index in [1.807, 2.05) is 18.2 Å². The Morgan fingerprint density at radius 2 is 1.94 bits per heavy atom. The number of rotatable bonds is 1. The maximum absolute atomic E-state index is 11.8. The van der Waals surface area contributed by atoms with Crippen molar-refractivity contribution < 1.29 is 4.74 Å². The number of hydrogen-bond acceptors (Lipinski definition) is 2. The van der Waals surface area contributed by atoms with Crippen molar-refractivity contribution in [2.45, 2.75) is 26.2 Å². The molecule has 3 nitrogen and oxygen atoms in total. The molecule has 0 amide bonds. The molecule has 0 radical (unpaired) electrons. The summed E-state index contributed by atoms with van der Waals surface area (Å²) in [6.45, 7) is 6.31. The van der Waals surface area contributed by atoms with Gasteiger partial charge in [0.1, 0.15) is 5.75 Å². The van der Waals surface area contributed by atoms with Crippen LogP contribution in [0.5, 0.6) is 5.75 Å². The van der Waals surface area contributed by atoms with Gasteiger partial charge in [0.15, 0.2) is 0 Å².